The molecule has 1 N–H and O–H groups in total. The van der Waals surface area contributed by atoms with Gasteiger partial charge in [-0.15, -0.1) is 0 Å². The van der Waals surface area contributed by atoms with Crippen LogP contribution in [0, 0.1) is 11.6 Å². The summed E-state index contributed by atoms with van der Waals surface area (Å²) in [5.74, 6) is -4.46. The summed E-state index contributed by atoms with van der Waals surface area (Å²) in [5.41, 5.74) is -0.266. The Balaban J connectivity index is 3.20. The molecule has 0 aliphatic carbocycles. The number of aliphatic carboxylic acids is 1. The van der Waals surface area contributed by atoms with Gasteiger partial charge in [-0.2, -0.15) is 0 Å². The van der Waals surface area contributed by atoms with E-state index in [9.17, 15) is 13.6 Å². The number of rotatable bonds is 5. The third-order valence-corrected chi connectivity index (χ3v) is 2.28. The Morgan fingerprint density at radius 3 is 2.47 bits per heavy atom. The van der Waals surface area contributed by atoms with Crippen molar-refractivity contribution in [1.82, 2.24) is 0 Å². The second-order valence-electron chi connectivity index (χ2n) is 3.35. The summed E-state index contributed by atoms with van der Waals surface area (Å²) in [7, 11) is 2.48. The van der Waals surface area contributed by atoms with E-state index < -0.39 is 23.5 Å². The maximum atomic E-state index is 13.6. The van der Waals surface area contributed by atoms with Gasteiger partial charge in [-0.1, -0.05) is 0 Å². The molecule has 4 nitrogen and oxygen atoms in total. The Hall–Kier alpha value is -1.69. The number of hydrogen-bond acceptors (Lipinski definition) is 3. The van der Waals surface area contributed by atoms with Crippen LogP contribution in [-0.4, -0.2) is 31.9 Å². The maximum absolute atomic E-state index is 13.6. The lowest BCUT2D eigenvalue weighted by Crippen LogP contribution is -2.18. The molecule has 0 aromatic heterocycles. The fourth-order valence-corrected chi connectivity index (χ4v) is 1.43. The van der Waals surface area contributed by atoms with Gasteiger partial charge < -0.3 is 14.6 Å². The summed E-state index contributed by atoms with van der Waals surface area (Å²) < 4.78 is 36.2. The normalized spacial score (nSPS) is 12.2. The van der Waals surface area contributed by atoms with Crippen molar-refractivity contribution in [2.45, 2.75) is 5.92 Å². The van der Waals surface area contributed by atoms with Gasteiger partial charge in [-0.05, 0) is 6.07 Å². The highest BCUT2D eigenvalue weighted by Crippen LogP contribution is 2.27. The average molecular weight is 246 g/mol. The molecule has 0 amide bonds. The van der Waals surface area contributed by atoms with E-state index >= 15 is 0 Å². The van der Waals surface area contributed by atoms with Crippen LogP contribution in [0.3, 0.4) is 0 Å². The molecule has 0 bridgehead atoms. The van der Waals surface area contributed by atoms with E-state index in [1.165, 1.54) is 14.2 Å². The van der Waals surface area contributed by atoms with Gasteiger partial charge in [-0.25, -0.2) is 8.78 Å². The predicted octanol–water partition coefficient (Wildman–Crippen LogP) is 1.79. The molecule has 94 valence electrons. The van der Waals surface area contributed by atoms with Gasteiger partial charge in [0.15, 0.2) is 11.6 Å². The minimum absolute atomic E-state index is 0.238. The molecule has 1 rings (SSSR count). The van der Waals surface area contributed by atoms with E-state index in [1.807, 2.05) is 0 Å². The van der Waals surface area contributed by atoms with Gasteiger partial charge in [0.05, 0.1) is 13.7 Å². The highest BCUT2D eigenvalue weighted by atomic mass is 19.1. The van der Waals surface area contributed by atoms with E-state index in [2.05, 4.69) is 9.47 Å². The summed E-state index contributed by atoms with van der Waals surface area (Å²) in [6, 6.07) is 1.63. The molecule has 1 aromatic carbocycles. The summed E-state index contributed by atoms with van der Waals surface area (Å²) in [4.78, 5) is 10.9. The molecule has 17 heavy (non-hydrogen) atoms. The summed E-state index contributed by atoms with van der Waals surface area (Å²) in [6.07, 6.45) is 0. The van der Waals surface area contributed by atoms with Gasteiger partial charge in [-0.3, -0.25) is 4.79 Å². The molecular weight excluding hydrogens is 234 g/mol. The fraction of sp³-hybridized carbons (Fsp3) is 0.364. The SMILES string of the molecule is COCC(C(=O)O)c1cc(F)c(OC)cc1F. The second kappa shape index (κ2) is 5.58. The van der Waals surface area contributed by atoms with Crippen LogP contribution in [0.5, 0.6) is 5.75 Å². The highest BCUT2D eigenvalue weighted by Gasteiger charge is 2.25. The van der Waals surface area contributed by atoms with Crippen LogP contribution in [0.4, 0.5) is 8.78 Å². The first-order valence-electron chi connectivity index (χ1n) is 4.76. The minimum atomic E-state index is -1.28. The van der Waals surface area contributed by atoms with Crippen LogP contribution in [-0.2, 0) is 9.53 Å². The van der Waals surface area contributed by atoms with Crippen molar-refractivity contribution in [2.24, 2.45) is 0 Å². The Labute approximate surface area is 96.8 Å². The number of halogens is 2. The molecular formula is C11H12F2O4. The average Bonchev–Trinajstić information content (AvgIpc) is 2.28. The van der Waals surface area contributed by atoms with E-state index in [0.717, 1.165) is 12.1 Å². The summed E-state index contributed by atoms with van der Waals surface area (Å²) >= 11 is 0. The number of carbonyl (C=O) groups is 1. The molecule has 0 spiro atoms. The molecule has 1 unspecified atom stereocenters. The molecule has 1 aromatic rings. The number of ether oxygens (including phenoxy) is 2. The van der Waals surface area contributed by atoms with Gasteiger partial charge in [0.25, 0.3) is 0 Å². The molecule has 0 radical (unpaired) electrons. The van der Waals surface area contributed by atoms with Gasteiger partial charge in [0.1, 0.15) is 11.7 Å². The lowest BCUT2D eigenvalue weighted by molar-refractivity contribution is -0.140. The lowest BCUT2D eigenvalue weighted by atomic mass is 9.99. The molecule has 0 heterocycles. The van der Waals surface area contributed by atoms with Crippen LogP contribution in [0.15, 0.2) is 12.1 Å². The van der Waals surface area contributed by atoms with Crippen LogP contribution < -0.4 is 4.74 Å². The van der Waals surface area contributed by atoms with Crippen molar-refractivity contribution in [3.05, 3.63) is 29.3 Å². The van der Waals surface area contributed by atoms with Crippen molar-refractivity contribution >= 4 is 5.97 Å². The standard InChI is InChI=1S/C11H12F2O4/c1-16-5-7(11(14)15)6-3-9(13)10(17-2)4-8(6)12/h3-4,7H,5H2,1-2H3,(H,14,15). The fourth-order valence-electron chi connectivity index (χ4n) is 1.43. The molecule has 6 heteroatoms. The molecule has 0 fully saturated rings. The first kappa shape index (κ1) is 13.4. The first-order chi connectivity index (χ1) is 8.01. The van der Waals surface area contributed by atoms with E-state index in [1.54, 1.807) is 0 Å². The number of carboxylic acid groups (broad SMARTS) is 1. The Bertz CT molecular complexity index is 420. The van der Waals surface area contributed by atoms with E-state index in [-0.39, 0.29) is 17.9 Å². The van der Waals surface area contributed by atoms with Gasteiger partial charge in [0, 0.05) is 18.7 Å². The zero-order valence-corrected chi connectivity index (χ0v) is 9.37. The van der Waals surface area contributed by atoms with Gasteiger partial charge in [0.2, 0.25) is 0 Å². The van der Waals surface area contributed by atoms with Crippen molar-refractivity contribution in [2.75, 3.05) is 20.8 Å². The topological polar surface area (TPSA) is 55.8 Å². The van der Waals surface area contributed by atoms with Crippen molar-refractivity contribution in [3.8, 4) is 5.75 Å². The van der Waals surface area contributed by atoms with Crippen LogP contribution in [0.2, 0.25) is 0 Å². The van der Waals surface area contributed by atoms with Crippen LogP contribution in [0.1, 0.15) is 11.5 Å². The summed E-state index contributed by atoms with van der Waals surface area (Å²) in [6.45, 7) is -0.238. The second-order valence-corrected chi connectivity index (χ2v) is 3.35. The molecule has 1 atom stereocenters. The Kier molecular flexibility index (Phi) is 4.39. The largest absolute Gasteiger partial charge is 0.494 e. The lowest BCUT2D eigenvalue weighted by Gasteiger charge is -2.13. The number of hydrogen-bond donors (Lipinski definition) is 1. The van der Waals surface area contributed by atoms with E-state index in [4.69, 9.17) is 5.11 Å². The smallest absolute Gasteiger partial charge is 0.313 e. The third-order valence-electron chi connectivity index (χ3n) is 2.28. The number of benzene rings is 1. The third kappa shape index (κ3) is 2.91. The Morgan fingerprint density at radius 1 is 1.35 bits per heavy atom. The molecule has 0 saturated heterocycles. The Morgan fingerprint density at radius 2 is 2.00 bits per heavy atom. The van der Waals surface area contributed by atoms with E-state index in [0.29, 0.717) is 0 Å². The van der Waals surface area contributed by atoms with Crippen LogP contribution in [0.25, 0.3) is 0 Å². The first-order valence-corrected chi connectivity index (χ1v) is 4.76. The van der Waals surface area contributed by atoms with Crippen LogP contribution >= 0.6 is 0 Å². The highest BCUT2D eigenvalue weighted by molar-refractivity contribution is 5.76. The number of methoxy groups -OCH3 is 2. The quantitative estimate of drug-likeness (QED) is 0.860. The van der Waals surface area contributed by atoms with Crippen molar-refractivity contribution < 1.29 is 28.2 Å². The monoisotopic (exact) mass is 246 g/mol. The molecule has 0 aliphatic rings. The molecule has 0 aliphatic heterocycles. The van der Waals surface area contributed by atoms with Crippen molar-refractivity contribution in [1.29, 1.82) is 0 Å². The number of carboxylic acids is 1. The molecule has 0 saturated carbocycles. The summed E-state index contributed by atoms with van der Waals surface area (Å²) in [5, 5.41) is 8.90. The van der Waals surface area contributed by atoms with Crippen molar-refractivity contribution in [3.63, 3.8) is 0 Å². The predicted molar refractivity (Wildman–Crippen MR) is 55.2 cm³/mol. The zero-order chi connectivity index (χ0) is 13.0. The maximum Gasteiger partial charge on any atom is 0.313 e. The van der Waals surface area contributed by atoms with Gasteiger partial charge >= 0.3 is 5.97 Å². The minimum Gasteiger partial charge on any atom is -0.494 e. The zero-order valence-electron chi connectivity index (χ0n) is 9.37.